The first kappa shape index (κ1) is 27.7. The zero-order valence-corrected chi connectivity index (χ0v) is 24.8. The van der Waals surface area contributed by atoms with Crippen LogP contribution in [0.5, 0.6) is 5.75 Å². The number of ketones is 1. The molecule has 0 spiro atoms. The monoisotopic (exact) mass is 577 g/mol. The molecule has 0 N–H and O–H groups in total. The fourth-order valence-corrected chi connectivity index (χ4v) is 7.86. The molecule has 3 unspecified atom stereocenters. The lowest BCUT2D eigenvalue weighted by atomic mass is 10.0. The third-order valence-corrected chi connectivity index (χ3v) is 9.78. The summed E-state index contributed by atoms with van der Waals surface area (Å²) in [4.78, 5) is 45.6. The normalized spacial score (nSPS) is 21.5. The number of benzene rings is 1. The molecule has 0 saturated heterocycles. The average Bonchev–Trinajstić information content (AvgIpc) is 3.69. The average molecular weight is 578 g/mol. The molecule has 10 heteroatoms. The van der Waals surface area contributed by atoms with E-state index in [-0.39, 0.29) is 18.2 Å². The lowest BCUT2D eigenvalue weighted by Crippen LogP contribution is -2.48. The van der Waals surface area contributed by atoms with Crippen molar-refractivity contribution in [2.75, 3.05) is 7.11 Å². The fraction of sp³-hybridized carbons (Fsp3) is 0.484. The smallest absolute Gasteiger partial charge is 0.332 e. The van der Waals surface area contributed by atoms with Gasteiger partial charge in [-0.2, -0.15) is 0 Å². The summed E-state index contributed by atoms with van der Waals surface area (Å²) in [6.07, 6.45) is 5.38. The molecule has 2 fully saturated rings. The standard InChI is InChI=1S/C31H35N3O6S/c1-17-25-28(36)34(31(2,3)4)30(37)33(29(25)41-26(17)27-32-10-11-39-27)16-24(22-8-6-7-9-23(22)38-5)40-21-14-18-12-20(35)13-19(18)15-21/h6-11,18-19,21,24H,12-16H2,1-5H3. The number of carbonyl (C=O) groups excluding carboxylic acids is 1. The zero-order chi connectivity index (χ0) is 29.1. The molecule has 0 amide bonds. The number of hydrogen-bond acceptors (Lipinski definition) is 8. The molecule has 3 atom stereocenters. The van der Waals surface area contributed by atoms with Gasteiger partial charge in [0, 0.05) is 23.9 Å². The van der Waals surface area contributed by atoms with Crippen molar-refractivity contribution in [3.05, 3.63) is 68.7 Å². The maximum absolute atomic E-state index is 14.2. The zero-order valence-electron chi connectivity index (χ0n) is 24.0. The first-order valence-electron chi connectivity index (χ1n) is 14.1. The predicted octanol–water partition coefficient (Wildman–Crippen LogP) is 5.47. The van der Waals surface area contributed by atoms with Gasteiger partial charge >= 0.3 is 5.69 Å². The molecule has 3 aromatic heterocycles. The van der Waals surface area contributed by atoms with E-state index in [1.54, 1.807) is 17.9 Å². The minimum atomic E-state index is -0.752. The summed E-state index contributed by atoms with van der Waals surface area (Å²) < 4.78 is 21.1. The Bertz CT molecular complexity index is 1710. The van der Waals surface area contributed by atoms with E-state index in [2.05, 4.69) is 4.98 Å². The Labute approximate surface area is 241 Å². The first-order valence-corrected chi connectivity index (χ1v) is 14.9. The summed E-state index contributed by atoms with van der Waals surface area (Å²) in [5.41, 5.74) is 0.0822. The topological polar surface area (TPSA) is 106 Å². The van der Waals surface area contributed by atoms with Gasteiger partial charge in [-0.15, -0.1) is 11.3 Å². The number of thiophene rings is 1. The highest BCUT2D eigenvalue weighted by Gasteiger charge is 2.42. The fourth-order valence-electron chi connectivity index (χ4n) is 6.62. The second-order valence-corrected chi connectivity index (χ2v) is 13.2. The number of oxazole rings is 1. The number of methoxy groups -OCH3 is 1. The van der Waals surface area contributed by atoms with Crippen molar-refractivity contribution in [3.63, 3.8) is 0 Å². The van der Waals surface area contributed by atoms with Crippen molar-refractivity contribution >= 4 is 27.3 Å². The van der Waals surface area contributed by atoms with Crippen LogP contribution in [0.25, 0.3) is 21.0 Å². The van der Waals surface area contributed by atoms with Crippen LogP contribution in [0.15, 0.2) is 50.7 Å². The van der Waals surface area contributed by atoms with Crippen molar-refractivity contribution in [1.82, 2.24) is 14.1 Å². The van der Waals surface area contributed by atoms with Gasteiger partial charge in [0.25, 0.3) is 5.56 Å². The number of carbonyl (C=O) groups is 1. The molecule has 6 rings (SSSR count). The number of ether oxygens (including phenoxy) is 2. The third kappa shape index (κ3) is 4.86. The highest BCUT2D eigenvalue weighted by Crippen LogP contribution is 2.45. The maximum Gasteiger partial charge on any atom is 0.332 e. The molecule has 9 nitrogen and oxygen atoms in total. The Kier molecular flexibility index (Phi) is 7.02. The van der Waals surface area contributed by atoms with Crippen molar-refractivity contribution in [1.29, 1.82) is 0 Å². The van der Waals surface area contributed by atoms with Gasteiger partial charge in [-0.1, -0.05) is 18.2 Å². The van der Waals surface area contributed by atoms with Crippen LogP contribution < -0.4 is 16.0 Å². The summed E-state index contributed by atoms with van der Waals surface area (Å²) in [6.45, 7) is 7.62. The van der Waals surface area contributed by atoms with Crippen LogP contribution in [-0.2, 0) is 21.6 Å². The summed E-state index contributed by atoms with van der Waals surface area (Å²) in [5.74, 6) is 2.13. The van der Waals surface area contributed by atoms with E-state index in [0.717, 1.165) is 24.0 Å². The van der Waals surface area contributed by atoms with E-state index in [1.807, 2.05) is 52.0 Å². The lowest BCUT2D eigenvalue weighted by molar-refractivity contribution is -0.118. The maximum atomic E-state index is 14.2. The SMILES string of the molecule is COc1ccccc1C(Cn1c(=O)n(C(C)(C)C)c(=O)c2c(C)c(-c3ncco3)sc21)OC1CC2CC(=O)CC2C1. The molecular formula is C31H35N3O6S. The highest BCUT2D eigenvalue weighted by atomic mass is 32.1. The van der Waals surface area contributed by atoms with Gasteiger partial charge < -0.3 is 13.9 Å². The summed E-state index contributed by atoms with van der Waals surface area (Å²) in [7, 11) is 1.62. The van der Waals surface area contributed by atoms with Crippen molar-refractivity contribution in [2.24, 2.45) is 11.8 Å². The number of nitrogens with zero attached hydrogens (tertiary/aromatic N) is 3. The number of fused-ring (bicyclic) bond motifs is 2. The molecular weight excluding hydrogens is 542 g/mol. The Morgan fingerprint density at radius 3 is 2.46 bits per heavy atom. The third-order valence-electron chi connectivity index (χ3n) is 8.48. The molecule has 1 aromatic carbocycles. The number of aryl methyl sites for hydroxylation is 1. The van der Waals surface area contributed by atoms with Crippen LogP contribution >= 0.6 is 11.3 Å². The minimum Gasteiger partial charge on any atom is -0.496 e. The number of aromatic nitrogens is 3. The van der Waals surface area contributed by atoms with E-state index >= 15 is 0 Å². The Balaban J connectivity index is 1.50. The lowest BCUT2D eigenvalue weighted by Gasteiger charge is -2.27. The van der Waals surface area contributed by atoms with E-state index < -0.39 is 17.3 Å². The molecule has 0 bridgehead atoms. The van der Waals surface area contributed by atoms with Crippen LogP contribution in [-0.4, -0.2) is 33.1 Å². The van der Waals surface area contributed by atoms with E-state index in [4.69, 9.17) is 13.9 Å². The quantitative estimate of drug-likeness (QED) is 0.287. The molecule has 41 heavy (non-hydrogen) atoms. The Morgan fingerprint density at radius 2 is 1.83 bits per heavy atom. The number of para-hydroxylation sites is 1. The van der Waals surface area contributed by atoms with Crippen molar-refractivity contribution < 1.29 is 18.7 Å². The molecule has 2 saturated carbocycles. The second kappa shape index (κ2) is 10.4. The van der Waals surface area contributed by atoms with Gasteiger partial charge in [0.2, 0.25) is 5.89 Å². The molecule has 216 valence electrons. The number of rotatable bonds is 7. The van der Waals surface area contributed by atoms with Gasteiger partial charge in [0.15, 0.2) is 0 Å². The largest absolute Gasteiger partial charge is 0.496 e. The van der Waals surface area contributed by atoms with Gasteiger partial charge in [0.1, 0.15) is 28.7 Å². The highest BCUT2D eigenvalue weighted by molar-refractivity contribution is 7.22. The van der Waals surface area contributed by atoms with Gasteiger partial charge in [0.05, 0.1) is 36.2 Å². The van der Waals surface area contributed by atoms with Gasteiger partial charge in [-0.25, -0.2) is 9.78 Å². The van der Waals surface area contributed by atoms with Crippen molar-refractivity contribution in [2.45, 2.75) is 77.7 Å². The van der Waals surface area contributed by atoms with Gasteiger partial charge in [-0.3, -0.25) is 18.7 Å². The van der Waals surface area contributed by atoms with Crippen LogP contribution in [0.1, 0.15) is 63.7 Å². The van der Waals surface area contributed by atoms with Crippen molar-refractivity contribution in [3.8, 4) is 16.5 Å². The Hall–Kier alpha value is -3.50. The van der Waals surface area contributed by atoms with Crippen LogP contribution in [0.3, 0.4) is 0 Å². The summed E-state index contributed by atoms with van der Waals surface area (Å²) in [6, 6.07) is 7.68. The summed E-state index contributed by atoms with van der Waals surface area (Å²) >= 11 is 1.33. The number of Topliss-reactive ketones (excluding diaryl/α,β-unsaturated/α-hetero) is 1. The predicted molar refractivity (Wildman–Crippen MR) is 157 cm³/mol. The molecule has 2 aliphatic rings. The summed E-state index contributed by atoms with van der Waals surface area (Å²) in [5, 5.41) is 0.477. The molecule has 2 aliphatic carbocycles. The van der Waals surface area contributed by atoms with E-state index in [9.17, 15) is 14.4 Å². The molecule has 4 aromatic rings. The molecule has 0 radical (unpaired) electrons. The second-order valence-electron chi connectivity index (χ2n) is 12.2. The van der Waals surface area contributed by atoms with Crippen LogP contribution in [0, 0.1) is 18.8 Å². The van der Waals surface area contributed by atoms with E-state index in [1.165, 1.54) is 22.2 Å². The van der Waals surface area contributed by atoms with Gasteiger partial charge in [-0.05, 0) is 64.0 Å². The minimum absolute atomic E-state index is 0.0410. The number of hydrogen-bond donors (Lipinski definition) is 0. The molecule has 0 aliphatic heterocycles. The van der Waals surface area contributed by atoms with Crippen LogP contribution in [0.4, 0.5) is 0 Å². The van der Waals surface area contributed by atoms with Crippen LogP contribution in [0.2, 0.25) is 0 Å². The Morgan fingerprint density at radius 1 is 1.12 bits per heavy atom. The van der Waals surface area contributed by atoms with E-state index in [0.29, 0.717) is 57.2 Å². The molecule has 3 heterocycles. The first-order chi connectivity index (χ1) is 19.6.